The summed E-state index contributed by atoms with van der Waals surface area (Å²) in [6.45, 7) is 5.86. The quantitative estimate of drug-likeness (QED) is 0.565. The van der Waals surface area contributed by atoms with E-state index in [9.17, 15) is 4.79 Å². The van der Waals surface area contributed by atoms with Crippen molar-refractivity contribution >= 4 is 5.78 Å². The largest absolute Gasteiger partial charge is 0.298 e. The van der Waals surface area contributed by atoms with Crippen molar-refractivity contribution in [1.29, 1.82) is 0 Å². The number of rotatable bonds is 4. The third kappa shape index (κ3) is 3.83. The zero-order valence-corrected chi connectivity index (χ0v) is 7.61. The van der Waals surface area contributed by atoms with Crippen molar-refractivity contribution in [1.82, 2.24) is 0 Å². The van der Waals surface area contributed by atoms with E-state index in [-0.39, 0.29) is 5.92 Å². The van der Waals surface area contributed by atoms with Gasteiger partial charge in [-0.3, -0.25) is 4.79 Å². The van der Waals surface area contributed by atoms with E-state index in [0.717, 1.165) is 12.8 Å². The predicted molar refractivity (Wildman–Crippen MR) is 47.1 cm³/mol. The molecule has 1 heteroatoms. The topological polar surface area (TPSA) is 17.1 Å². The average Bonchev–Trinajstić information content (AvgIpc) is 2.03. The highest BCUT2D eigenvalue weighted by molar-refractivity contribution is 5.83. The maximum atomic E-state index is 11.3. The monoisotopic (exact) mass is 152 g/mol. The number of hydrogen-bond acceptors (Lipinski definition) is 1. The first-order chi connectivity index (χ1) is 5.26. The minimum atomic E-state index is 0.232. The Hall–Kier alpha value is -0.770. The molecular formula is C10H16O. The second-order valence-electron chi connectivity index (χ2n) is 2.58. The molecule has 0 heterocycles. The number of carbonyl (C=O) groups excluding carboxylic acids is 1. The molecule has 0 aromatic heterocycles. The fourth-order valence-corrected chi connectivity index (χ4v) is 1.06. The van der Waals surface area contributed by atoms with Gasteiger partial charge in [0, 0.05) is 5.92 Å². The molecule has 0 unspecified atom stereocenters. The van der Waals surface area contributed by atoms with Gasteiger partial charge in [-0.2, -0.15) is 0 Å². The van der Waals surface area contributed by atoms with Crippen LogP contribution in [0.15, 0.2) is 0 Å². The number of ketones is 1. The Bertz CT molecular complexity index is 167. The number of Topliss-reactive ketones (excluding diaryl/α,β-unsaturated/α-hetero) is 1. The molecule has 0 fully saturated rings. The van der Waals surface area contributed by atoms with Crippen LogP contribution in [0.4, 0.5) is 0 Å². The minimum Gasteiger partial charge on any atom is -0.298 e. The van der Waals surface area contributed by atoms with Crippen LogP contribution in [0.2, 0.25) is 0 Å². The van der Waals surface area contributed by atoms with Gasteiger partial charge in [0.15, 0.2) is 0 Å². The first-order valence-corrected chi connectivity index (χ1v) is 4.18. The number of hydrogen-bond donors (Lipinski definition) is 0. The molecule has 11 heavy (non-hydrogen) atoms. The fraction of sp³-hybridized carbons (Fsp3) is 0.700. The molecule has 0 aromatic carbocycles. The Balaban J connectivity index is 3.85. The van der Waals surface area contributed by atoms with Crippen molar-refractivity contribution in [3.05, 3.63) is 0 Å². The van der Waals surface area contributed by atoms with E-state index in [4.69, 9.17) is 0 Å². The van der Waals surface area contributed by atoms with E-state index in [1.807, 2.05) is 13.8 Å². The summed E-state index contributed by atoms with van der Waals surface area (Å²) >= 11 is 0. The van der Waals surface area contributed by atoms with Gasteiger partial charge in [0.1, 0.15) is 5.78 Å². The first-order valence-electron chi connectivity index (χ1n) is 4.18. The van der Waals surface area contributed by atoms with E-state index in [2.05, 4.69) is 11.8 Å². The molecule has 0 bridgehead atoms. The van der Waals surface area contributed by atoms with Crippen molar-refractivity contribution in [3.8, 4) is 11.8 Å². The van der Waals surface area contributed by atoms with Crippen LogP contribution in [-0.4, -0.2) is 5.78 Å². The van der Waals surface area contributed by atoms with Crippen LogP contribution in [0.1, 0.15) is 40.0 Å². The van der Waals surface area contributed by atoms with E-state index < -0.39 is 0 Å². The van der Waals surface area contributed by atoms with Crippen molar-refractivity contribution in [2.75, 3.05) is 0 Å². The first kappa shape index (κ1) is 10.2. The Labute approximate surface area is 69.2 Å². The molecule has 0 rings (SSSR count). The molecule has 0 aliphatic rings. The van der Waals surface area contributed by atoms with Gasteiger partial charge < -0.3 is 0 Å². The minimum absolute atomic E-state index is 0.232. The summed E-state index contributed by atoms with van der Waals surface area (Å²) in [4.78, 5) is 11.3. The van der Waals surface area contributed by atoms with Gasteiger partial charge in [0.05, 0.1) is 6.42 Å². The zero-order chi connectivity index (χ0) is 8.69. The molecule has 0 aliphatic heterocycles. The molecule has 0 saturated carbocycles. The van der Waals surface area contributed by atoms with Gasteiger partial charge in [-0.05, 0) is 19.8 Å². The highest BCUT2D eigenvalue weighted by Gasteiger charge is 2.11. The molecule has 0 saturated heterocycles. The molecule has 0 spiro atoms. The van der Waals surface area contributed by atoms with Crippen LogP contribution in [0.3, 0.4) is 0 Å². The molecule has 0 radical (unpaired) electrons. The van der Waals surface area contributed by atoms with Gasteiger partial charge in [-0.1, -0.05) is 19.8 Å². The van der Waals surface area contributed by atoms with Gasteiger partial charge in [0.2, 0.25) is 0 Å². The van der Waals surface area contributed by atoms with E-state index >= 15 is 0 Å². The van der Waals surface area contributed by atoms with Gasteiger partial charge in [-0.25, -0.2) is 0 Å². The van der Waals surface area contributed by atoms with E-state index in [1.165, 1.54) is 0 Å². The van der Waals surface area contributed by atoms with Crippen molar-refractivity contribution in [2.45, 2.75) is 40.0 Å². The van der Waals surface area contributed by atoms with Crippen LogP contribution in [0.5, 0.6) is 0 Å². The summed E-state index contributed by atoms with van der Waals surface area (Å²) in [7, 11) is 0. The maximum absolute atomic E-state index is 11.3. The zero-order valence-electron chi connectivity index (χ0n) is 7.61. The summed E-state index contributed by atoms with van der Waals surface area (Å²) in [6.07, 6.45) is 2.32. The maximum Gasteiger partial charge on any atom is 0.147 e. The highest BCUT2D eigenvalue weighted by atomic mass is 16.1. The lowest BCUT2D eigenvalue weighted by atomic mass is 9.96. The summed E-state index contributed by atoms with van der Waals surface area (Å²) < 4.78 is 0. The van der Waals surface area contributed by atoms with Gasteiger partial charge in [0.25, 0.3) is 0 Å². The van der Waals surface area contributed by atoms with Crippen LogP contribution < -0.4 is 0 Å². The summed E-state index contributed by atoms with van der Waals surface area (Å²) in [5.41, 5.74) is 0. The lowest BCUT2D eigenvalue weighted by Gasteiger charge is -2.07. The predicted octanol–water partition coefficient (Wildman–Crippen LogP) is 2.41. The molecule has 62 valence electrons. The lowest BCUT2D eigenvalue weighted by Crippen LogP contribution is -2.11. The van der Waals surface area contributed by atoms with Crippen molar-refractivity contribution in [3.63, 3.8) is 0 Å². The normalized spacial score (nSPS) is 9.09. The summed E-state index contributed by atoms with van der Waals surface area (Å²) in [6, 6.07) is 0. The van der Waals surface area contributed by atoms with Crippen molar-refractivity contribution < 1.29 is 4.79 Å². The highest BCUT2D eigenvalue weighted by Crippen LogP contribution is 2.10. The molecule has 0 N–H and O–H groups in total. The molecule has 0 atom stereocenters. The Kier molecular flexibility index (Phi) is 5.56. The van der Waals surface area contributed by atoms with Gasteiger partial charge >= 0.3 is 0 Å². The van der Waals surface area contributed by atoms with Crippen LogP contribution in [0.25, 0.3) is 0 Å². The smallest absolute Gasteiger partial charge is 0.147 e. The third-order valence-corrected chi connectivity index (χ3v) is 1.88. The lowest BCUT2D eigenvalue weighted by molar-refractivity contribution is -0.122. The molecule has 0 aromatic rings. The molecule has 0 aliphatic carbocycles. The molecule has 0 amide bonds. The number of carbonyl (C=O) groups is 1. The van der Waals surface area contributed by atoms with Gasteiger partial charge in [-0.15, -0.1) is 5.92 Å². The van der Waals surface area contributed by atoms with Crippen molar-refractivity contribution in [2.24, 2.45) is 5.92 Å². The summed E-state index contributed by atoms with van der Waals surface area (Å²) in [5, 5.41) is 0. The van der Waals surface area contributed by atoms with E-state index in [1.54, 1.807) is 6.92 Å². The van der Waals surface area contributed by atoms with Crippen LogP contribution in [0, 0.1) is 17.8 Å². The second kappa shape index (κ2) is 5.97. The third-order valence-electron chi connectivity index (χ3n) is 1.88. The standard InChI is InChI=1S/C10H16O/c1-4-7-8-10(11)9(5-2)6-3/h9H,5-6,8H2,1-3H3. The Morgan fingerprint density at radius 3 is 2.27 bits per heavy atom. The molecule has 1 nitrogen and oxygen atoms in total. The SMILES string of the molecule is CC#CCC(=O)C(CC)CC. The summed E-state index contributed by atoms with van der Waals surface area (Å²) in [5.74, 6) is 6.06. The Morgan fingerprint density at radius 2 is 1.91 bits per heavy atom. The van der Waals surface area contributed by atoms with E-state index in [0.29, 0.717) is 12.2 Å². The average molecular weight is 152 g/mol. The van der Waals surface area contributed by atoms with Crippen LogP contribution >= 0.6 is 0 Å². The second-order valence-corrected chi connectivity index (χ2v) is 2.58. The molecular weight excluding hydrogens is 136 g/mol. The van der Waals surface area contributed by atoms with Crippen LogP contribution in [-0.2, 0) is 4.79 Å². The Morgan fingerprint density at radius 1 is 1.36 bits per heavy atom. The fourth-order valence-electron chi connectivity index (χ4n) is 1.06.